The van der Waals surface area contributed by atoms with Crippen molar-refractivity contribution in [3.8, 4) is 16.9 Å². The Kier molecular flexibility index (Phi) is 8.67. The molecule has 1 heterocycles. The van der Waals surface area contributed by atoms with Gasteiger partial charge in [0.05, 0.1) is 27.3 Å². The number of nitrogens with zero attached hydrogens (tertiary/aromatic N) is 1. The monoisotopic (exact) mass is 761 g/mol. The first kappa shape index (κ1) is 29.7. The van der Waals surface area contributed by atoms with Gasteiger partial charge in [0.2, 0.25) is 0 Å². The summed E-state index contributed by atoms with van der Waals surface area (Å²) in [5.74, 6) is -1.53. The summed E-state index contributed by atoms with van der Waals surface area (Å²) in [6, 6.07) is 22.2. The van der Waals surface area contributed by atoms with Crippen LogP contribution in [0.25, 0.3) is 22.0 Å². The number of alkyl halides is 3. The molecular weight excluding hydrogens is 747 g/mol. The minimum absolute atomic E-state index is 0.00173. The molecule has 0 bridgehead atoms. The summed E-state index contributed by atoms with van der Waals surface area (Å²) in [7, 11) is 0. The zero-order chi connectivity index (χ0) is 30.0. The number of rotatable bonds is 6. The Morgan fingerprint density at radius 3 is 2.36 bits per heavy atom. The van der Waals surface area contributed by atoms with Crippen molar-refractivity contribution in [3.05, 3.63) is 121 Å². The molecule has 0 aliphatic rings. The van der Waals surface area contributed by atoms with Gasteiger partial charge in [0.15, 0.2) is 5.75 Å². The predicted octanol–water partition coefficient (Wildman–Crippen LogP) is 9.12. The van der Waals surface area contributed by atoms with E-state index in [1.165, 1.54) is 12.3 Å². The smallest absolute Gasteiger partial charge is 0.416 e. The molecule has 1 amide bonds. The molecule has 2 N–H and O–H groups in total. The van der Waals surface area contributed by atoms with E-state index in [0.717, 1.165) is 33.1 Å². The first-order valence-corrected chi connectivity index (χ1v) is 14.5. The Hall–Kier alpha value is -3.74. The van der Waals surface area contributed by atoms with Gasteiger partial charge in [-0.1, -0.05) is 64.5 Å². The normalized spacial score (nSPS) is 11.7. The summed E-state index contributed by atoms with van der Waals surface area (Å²) < 4.78 is 46.6. The van der Waals surface area contributed by atoms with Crippen LogP contribution in [0, 0.1) is 0 Å². The third-order valence-electron chi connectivity index (χ3n) is 6.10. The van der Waals surface area contributed by atoms with Gasteiger partial charge in [0.1, 0.15) is 5.69 Å². The van der Waals surface area contributed by atoms with Crippen molar-refractivity contribution < 1.29 is 27.5 Å². The van der Waals surface area contributed by atoms with Gasteiger partial charge in [-0.15, -0.1) is 0 Å². The van der Waals surface area contributed by atoms with E-state index >= 15 is 0 Å². The lowest BCUT2D eigenvalue weighted by Gasteiger charge is -2.12. The lowest BCUT2D eigenvalue weighted by atomic mass is 10.0. The summed E-state index contributed by atoms with van der Waals surface area (Å²) in [6.07, 6.45) is -3.35. The topological polar surface area (TPSA) is 83.5 Å². The van der Waals surface area contributed by atoms with Crippen LogP contribution < -0.4 is 10.2 Å². The molecule has 0 unspecified atom stereocenters. The van der Waals surface area contributed by atoms with Crippen molar-refractivity contribution in [3.63, 3.8) is 0 Å². The van der Waals surface area contributed by atoms with Crippen LogP contribution in [0.4, 0.5) is 13.2 Å². The summed E-state index contributed by atoms with van der Waals surface area (Å²) >= 11 is 10.2. The van der Waals surface area contributed by atoms with Crippen molar-refractivity contribution in [1.29, 1.82) is 0 Å². The molecule has 0 radical (unpaired) electrons. The van der Waals surface area contributed by atoms with Crippen LogP contribution in [0.2, 0.25) is 0 Å². The minimum Gasteiger partial charge on any atom is -0.421 e. The first-order valence-electron chi connectivity index (χ1n) is 12.1. The van der Waals surface area contributed by atoms with E-state index < -0.39 is 23.6 Å². The highest BCUT2D eigenvalue weighted by Gasteiger charge is 2.31. The fourth-order valence-electron chi connectivity index (χ4n) is 4.23. The molecule has 6 nitrogen and oxygen atoms in total. The lowest BCUT2D eigenvalue weighted by molar-refractivity contribution is -0.137. The number of halogens is 6. The van der Waals surface area contributed by atoms with Crippen LogP contribution >= 0.6 is 47.8 Å². The SMILES string of the molecule is O=C(Oc1c(Br)cc(Br)cc1C=NNC(=O)c1[nH]c2c(Br)cccc2c1-c1ccccc1)c1cccc(C(F)(F)F)c1. The molecule has 5 aromatic rings. The summed E-state index contributed by atoms with van der Waals surface area (Å²) in [5, 5.41) is 4.91. The number of nitrogens with one attached hydrogen (secondary N) is 2. The van der Waals surface area contributed by atoms with Gasteiger partial charge in [-0.3, -0.25) is 4.79 Å². The molecular formula is C30H17Br3F3N3O3. The summed E-state index contributed by atoms with van der Waals surface area (Å²) in [4.78, 5) is 29.3. The number of carbonyl (C=O) groups is 2. The predicted molar refractivity (Wildman–Crippen MR) is 165 cm³/mol. The number of para-hydroxylation sites is 1. The van der Waals surface area contributed by atoms with E-state index in [9.17, 15) is 22.8 Å². The highest BCUT2D eigenvalue weighted by Crippen LogP contribution is 2.36. The molecule has 0 spiro atoms. The zero-order valence-electron chi connectivity index (χ0n) is 21.1. The molecule has 0 saturated carbocycles. The van der Waals surface area contributed by atoms with E-state index in [4.69, 9.17) is 4.74 Å². The maximum atomic E-state index is 13.3. The van der Waals surface area contributed by atoms with Crippen LogP contribution in [-0.4, -0.2) is 23.1 Å². The largest absolute Gasteiger partial charge is 0.421 e. The molecule has 42 heavy (non-hydrogen) atoms. The molecule has 12 heteroatoms. The van der Waals surface area contributed by atoms with Crippen molar-refractivity contribution in [2.45, 2.75) is 6.18 Å². The maximum Gasteiger partial charge on any atom is 0.416 e. The van der Waals surface area contributed by atoms with E-state index in [1.54, 1.807) is 12.1 Å². The number of aromatic nitrogens is 1. The second-order valence-electron chi connectivity index (χ2n) is 8.88. The summed E-state index contributed by atoms with van der Waals surface area (Å²) in [6.45, 7) is 0. The molecule has 0 aliphatic carbocycles. The quantitative estimate of drug-likeness (QED) is 0.0784. The molecule has 212 valence electrons. The van der Waals surface area contributed by atoms with Gasteiger partial charge in [0.25, 0.3) is 5.91 Å². The fraction of sp³-hybridized carbons (Fsp3) is 0.0333. The van der Waals surface area contributed by atoms with Gasteiger partial charge in [-0.2, -0.15) is 18.3 Å². The molecule has 0 aliphatic heterocycles. The fourth-order valence-corrected chi connectivity index (χ4v) is 6.04. The molecule has 4 aromatic carbocycles. The van der Waals surface area contributed by atoms with Gasteiger partial charge >= 0.3 is 12.1 Å². The number of aromatic amines is 1. The lowest BCUT2D eigenvalue weighted by Crippen LogP contribution is -2.19. The number of carbonyl (C=O) groups excluding carboxylic acids is 2. The number of fused-ring (bicyclic) bond motifs is 1. The van der Waals surface area contributed by atoms with Crippen molar-refractivity contribution >= 4 is 76.8 Å². The van der Waals surface area contributed by atoms with Gasteiger partial charge in [-0.25, -0.2) is 10.2 Å². The Labute approximate surface area is 262 Å². The van der Waals surface area contributed by atoms with Gasteiger partial charge in [-0.05, 0) is 73.8 Å². The number of hydrogen-bond donors (Lipinski definition) is 2. The van der Waals surface area contributed by atoms with Crippen LogP contribution in [0.3, 0.4) is 0 Å². The third-order valence-corrected chi connectivity index (χ3v) is 7.81. The van der Waals surface area contributed by atoms with Gasteiger partial charge < -0.3 is 9.72 Å². The van der Waals surface area contributed by atoms with E-state index in [-0.39, 0.29) is 22.6 Å². The highest BCUT2D eigenvalue weighted by molar-refractivity contribution is 9.11. The standard InChI is InChI=1S/C30H17Br3F3N3O3/c31-20-13-18(27(23(33)14-20)42-29(41)17-8-4-9-19(12-17)30(34,35)36)15-37-39-28(40)26-24(16-6-2-1-3-7-16)21-10-5-11-22(32)25(21)38-26/h1-15,38H,(H,39,40). The molecule has 1 aromatic heterocycles. The second-order valence-corrected chi connectivity index (χ2v) is 11.5. The van der Waals surface area contributed by atoms with Crippen molar-refractivity contribution in [2.75, 3.05) is 0 Å². The van der Waals surface area contributed by atoms with E-state index in [0.29, 0.717) is 20.6 Å². The maximum absolute atomic E-state index is 13.3. The number of H-pyrrole nitrogens is 1. The Morgan fingerprint density at radius 2 is 1.62 bits per heavy atom. The average molecular weight is 764 g/mol. The number of amides is 1. The van der Waals surface area contributed by atoms with Crippen molar-refractivity contribution in [2.24, 2.45) is 5.10 Å². The van der Waals surface area contributed by atoms with E-state index in [2.05, 4.69) is 63.3 Å². The van der Waals surface area contributed by atoms with Crippen molar-refractivity contribution in [1.82, 2.24) is 10.4 Å². The Morgan fingerprint density at radius 1 is 0.881 bits per heavy atom. The molecule has 0 fully saturated rings. The molecule has 0 atom stereocenters. The first-order chi connectivity index (χ1) is 20.0. The number of benzene rings is 4. The van der Waals surface area contributed by atoms with Crippen LogP contribution in [0.15, 0.2) is 103 Å². The van der Waals surface area contributed by atoms with Crippen LogP contribution in [-0.2, 0) is 6.18 Å². The number of ether oxygens (including phenoxy) is 1. The molecule has 0 saturated heterocycles. The number of esters is 1. The highest BCUT2D eigenvalue weighted by atomic mass is 79.9. The minimum atomic E-state index is -4.62. The molecule has 5 rings (SSSR count). The number of hydrazone groups is 1. The van der Waals surface area contributed by atoms with E-state index in [1.807, 2.05) is 48.5 Å². The Bertz CT molecular complexity index is 1860. The third kappa shape index (κ3) is 6.35. The zero-order valence-corrected chi connectivity index (χ0v) is 25.9. The Balaban J connectivity index is 1.43. The number of hydrogen-bond acceptors (Lipinski definition) is 4. The van der Waals surface area contributed by atoms with Crippen LogP contribution in [0.1, 0.15) is 32.0 Å². The second kappa shape index (κ2) is 12.2. The average Bonchev–Trinajstić information content (AvgIpc) is 3.36. The van der Waals surface area contributed by atoms with Gasteiger partial charge in [0, 0.05) is 25.5 Å². The van der Waals surface area contributed by atoms with Crippen LogP contribution in [0.5, 0.6) is 5.75 Å². The summed E-state index contributed by atoms with van der Waals surface area (Å²) in [5.41, 5.74) is 4.05.